The van der Waals surface area contributed by atoms with Gasteiger partial charge < -0.3 is 5.32 Å². The first kappa shape index (κ1) is 13.5. The highest BCUT2D eigenvalue weighted by Gasteiger charge is 2.30. The fraction of sp³-hybridized carbons (Fsp3) is 0.364. The Balaban J connectivity index is 2.25. The highest BCUT2D eigenvalue weighted by atomic mass is 19.4. The van der Waals surface area contributed by atoms with Crippen molar-refractivity contribution in [2.24, 2.45) is 0 Å². The van der Waals surface area contributed by atoms with Crippen LogP contribution in [0.1, 0.15) is 18.3 Å². The predicted molar refractivity (Wildman–Crippen MR) is 61.5 cm³/mol. The van der Waals surface area contributed by atoms with Crippen LogP contribution in [0.2, 0.25) is 0 Å². The molecule has 0 aliphatic rings. The van der Waals surface area contributed by atoms with Crippen molar-refractivity contribution < 1.29 is 13.2 Å². The van der Waals surface area contributed by atoms with Crippen molar-refractivity contribution in [3.63, 3.8) is 0 Å². The molecule has 2 aromatic rings. The Hall–Kier alpha value is -1.96. The molecule has 0 bridgehead atoms. The summed E-state index contributed by atoms with van der Waals surface area (Å²) in [4.78, 5) is 7.80. The van der Waals surface area contributed by atoms with E-state index in [1.165, 1.54) is 17.1 Å². The van der Waals surface area contributed by atoms with Gasteiger partial charge in [0.15, 0.2) is 5.82 Å². The van der Waals surface area contributed by atoms with Crippen LogP contribution in [0.15, 0.2) is 24.7 Å². The minimum atomic E-state index is -4.39. The Labute approximate surface area is 107 Å². The van der Waals surface area contributed by atoms with E-state index in [1.807, 2.05) is 6.92 Å². The van der Waals surface area contributed by atoms with Crippen LogP contribution >= 0.6 is 0 Å². The van der Waals surface area contributed by atoms with Crippen LogP contribution < -0.4 is 5.32 Å². The summed E-state index contributed by atoms with van der Waals surface area (Å²) in [5.74, 6) is 0.896. The summed E-state index contributed by atoms with van der Waals surface area (Å²) < 4.78 is 38.7. The van der Waals surface area contributed by atoms with Crippen LogP contribution in [0.5, 0.6) is 0 Å². The van der Waals surface area contributed by atoms with Crippen molar-refractivity contribution in [2.75, 3.05) is 6.54 Å². The van der Waals surface area contributed by atoms with Crippen molar-refractivity contribution in [1.82, 2.24) is 25.1 Å². The molecule has 0 saturated carbocycles. The number of aromatic nitrogens is 4. The van der Waals surface area contributed by atoms with Gasteiger partial charge in [0, 0.05) is 6.20 Å². The van der Waals surface area contributed by atoms with E-state index in [4.69, 9.17) is 0 Å². The maximum Gasteiger partial charge on any atom is 0.417 e. The molecule has 0 unspecified atom stereocenters. The van der Waals surface area contributed by atoms with Gasteiger partial charge in [-0.15, -0.1) is 0 Å². The summed E-state index contributed by atoms with van der Waals surface area (Å²) in [7, 11) is 0. The van der Waals surface area contributed by atoms with Gasteiger partial charge in [-0.25, -0.2) is 9.97 Å². The molecule has 0 aliphatic heterocycles. The second kappa shape index (κ2) is 5.35. The van der Waals surface area contributed by atoms with Crippen molar-refractivity contribution in [2.45, 2.75) is 19.6 Å². The molecule has 0 radical (unpaired) electrons. The first-order valence-corrected chi connectivity index (χ1v) is 5.65. The molecule has 0 amide bonds. The molecule has 1 N–H and O–H groups in total. The minimum Gasteiger partial charge on any atom is -0.310 e. The van der Waals surface area contributed by atoms with E-state index in [0.29, 0.717) is 18.2 Å². The van der Waals surface area contributed by atoms with Gasteiger partial charge in [-0.05, 0) is 18.7 Å². The fourth-order valence-corrected chi connectivity index (χ4v) is 1.49. The SMILES string of the molecule is CCNCc1ncnn1-c1ccc(C(F)(F)F)cn1. The second-order valence-corrected chi connectivity index (χ2v) is 3.77. The molecule has 2 heterocycles. The zero-order valence-corrected chi connectivity index (χ0v) is 10.1. The molecule has 8 heteroatoms. The first-order chi connectivity index (χ1) is 9.02. The molecule has 0 fully saturated rings. The van der Waals surface area contributed by atoms with E-state index in [2.05, 4.69) is 20.4 Å². The molecule has 2 aromatic heterocycles. The van der Waals surface area contributed by atoms with Crippen LogP contribution in [0.25, 0.3) is 5.82 Å². The standard InChI is InChI=1S/C11H12F3N5/c1-2-15-6-10-17-7-18-19(10)9-4-3-8(5-16-9)11(12,13)14/h3-5,7,15H,2,6H2,1H3. The van der Waals surface area contributed by atoms with Gasteiger partial charge in [-0.1, -0.05) is 6.92 Å². The van der Waals surface area contributed by atoms with Crippen molar-refractivity contribution in [1.29, 1.82) is 0 Å². The van der Waals surface area contributed by atoms with E-state index in [1.54, 1.807) is 0 Å². The molecular weight excluding hydrogens is 259 g/mol. The zero-order valence-electron chi connectivity index (χ0n) is 10.1. The highest BCUT2D eigenvalue weighted by molar-refractivity contribution is 5.26. The monoisotopic (exact) mass is 271 g/mol. The molecule has 0 aromatic carbocycles. The fourth-order valence-electron chi connectivity index (χ4n) is 1.49. The Kier molecular flexibility index (Phi) is 3.79. The van der Waals surface area contributed by atoms with Gasteiger partial charge in [-0.2, -0.15) is 23.0 Å². The molecule has 0 atom stereocenters. The third kappa shape index (κ3) is 3.08. The number of hydrogen-bond donors (Lipinski definition) is 1. The average molecular weight is 271 g/mol. The Morgan fingerprint density at radius 1 is 1.26 bits per heavy atom. The van der Waals surface area contributed by atoms with Gasteiger partial charge in [0.25, 0.3) is 0 Å². The summed E-state index contributed by atoms with van der Waals surface area (Å²) in [6, 6.07) is 2.24. The molecule has 19 heavy (non-hydrogen) atoms. The summed E-state index contributed by atoms with van der Waals surface area (Å²) in [5, 5.41) is 7.02. The van der Waals surface area contributed by atoms with Crippen LogP contribution in [0.3, 0.4) is 0 Å². The van der Waals surface area contributed by atoms with E-state index in [9.17, 15) is 13.2 Å². The Morgan fingerprint density at radius 2 is 2.05 bits per heavy atom. The number of halogens is 3. The molecular formula is C11H12F3N5. The number of nitrogens with one attached hydrogen (secondary N) is 1. The van der Waals surface area contributed by atoms with Crippen molar-refractivity contribution >= 4 is 0 Å². The maximum atomic E-state index is 12.4. The average Bonchev–Trinajstić information content (AvgIpc) is 2.83. The van der Waals surface area contributed by atoms with Crippen LogP contribution in [-0.4, -0.2) is 26.3 Å². The quantitative estimate of drug-likeness (QED) is 0.921. The molecule has 0 saturated heterocycles. The lowest BCUT2D eigenvalue weighted by Crippen LogP contribution is -2.17. The number of alkyl halides is 3. The summed E-state index contributed by atoms with van der Waals surface area (Å²) in [6.07, 6.45) is -2.26. The van der Waals surface area contributed by atoms with Gasteiger partial charge in [0.05, 0.1) is 12.1 Å². The maximum absolute atomic E-state index is 12.4. The Bertz CT molecular complexity index is 532. The van der Waals surface area contributed by atoms with Crippen LogP contribution in [0, 0.1) is 0 Å². The van der Waals surface area contributed by atoms with Crippen molar-refractivity contribution in [3.8, 4) is 5.82 Å². The van der Waals surface area contributed by atoms with E-state index in [-0.39, 0.29) is 0 Å². The van der Waals surface area contributed by atoms with Gasteiger partial charge in [-0.3, -0.25) is 0 Å². The topological polar surface area (TPSA) is 55.6 Å². The van der Waals surface area contributed by atoms with Crippen LogP contribution in [0.4, 0.5) is 13.2 Å². The normalized spacial score (nSPS) is 11.8. The smallest absolute Gasteiger partial charge is 0.310 e. The summed E-state index contributed by atoms with van der Waals surface area (Å²) in [6.45, 7) is 3.17. The van der Waals surface area contributed by atoms with Gasteiger partial charge in [0.1, 0.15) is 12.2 Å². The number of pyridine rings is 1. The highest BCUT2D eigenvalue weighted by Crippen LogP contribution is 2.28. The molecule has 102 valence electrons. The minimum absolute atomic E-state index is 0.304. The predicted octanol–water partition coefficient (Wildman–Crippen LogP) is 1.79. The lowest BCUT2D eigenvalue weighted by molar-refractivity contribution is -0.137. The first-order valence-electron chi connectivity index (χ1n) is 5.65. The Morgan fingerprint density at radius 3 is 2.63 bits per heavy atom. The number of nitrogens with zero attached hydrogens (tertiary/aromatic N) is 4. The van der Waals surface area contributed by atoms with E-state index in [0.717, 1.165) is 18.8 Å². The van der Waals surface area contributed by atoms with Crippen molar-refractivity contribution in [3.05, 3.63) is 36.0 Å². The van der Waals surface area contributed by atoms with Gasteiger partial charge >= 0.3 is 6.18 Å². The lowest BCUT2D eigenvalue weighted by Gasteiger charge is -2.08. The zero-order chi connectivity index (χ0) is 13.9. The molecule has 5 nitrogen and oxygen atoms in total. The summed E-state index contributed by atoms with van der Waals surface area (Å²) in [5.41, 5.74) is -0.787. The lowest BCUT2D eigenvalue weighted by atomic mass is 10.3. The largest absolute Gasteiger partial charge is 0.417 e. The van der Waals surface area contributed by atoms with Crippen LogP contribution in [-0.2, 0) is 12.7 Å². The second-order valence-electron chi connectivity index (χ2n) is 3.77. The third-order valence-corrected chi connectivity index (χ3v) is 2.44. The van der Waals surface area contributed by atoms with E-state index >= 15 is 0 Å². The molecule has 0 aliphatic carbocycles. The van der Waals surface area contributed by atoms with Gasteiger partial charge in [0.2, 0.25) is 0 Å². The number of rotatable bonds is 4. The van der Waals surface area contributed by atoms with E-state index < -0.39 is 11.7 Å². The molecule has 2 rings (SSSR count). The third-order valence-electron chi connectivity index (χ3n) is 2.44. The number of hydrogen-bond acceptors (Lipinski definition) is 4. The summed E-state index contributed by atoms with van der Waals surface area (Å²) >= 11 is 0. The molecule has 0 spiro atoms.